The Kier molecular flexibility index (Phi) is 4.63. The number of aromatic amines is 1. The van der Waals surface area contributed by atoms with Crippen molar-refractivity contribution in [3.8, 4) is 0 Å². The lowest BCUT2D eigenvalue weighted by atomic mass is 9.76. The third-order valence-electron chi connectivity index (χ3n) is 5.99. The molecule has 2 heterocycles. The van der Waals surface area contributed by atoms with Crippen LogP contribution in [0.1, 0.15) is 43.1 Å². The number of carbonyl (C=O) groups excluding carboxylic acids is 2. The minimum atomic E-state index is -0.734. The Balaban J connectivity index is 1.41. The summed E-state index contributed by atoms with van der Waals surface area (Å²) in [6.07, 6.45) is 3.67. The third kappa shape index (κ3) is 3.32. The number of hydrogen-bond acceptors (Lipinski definition) is 4. The number of fused-ring (bicyclic) bond motifs is 1. The van der Waals surface area contributed by atoms with E-state index in [4.69, 9.17) is 5.73 Å². The Morgan fingerprint density at radius 2 is 1.89 bits per heavy atom. The van der Waals surface area contributed by atoms with Gasteiger partial charge in [-0.1, -0.05) is 38.0 Å². The molecule has 1 saturated heterocycles. The van der Waals surface area contributed by atoms with E-state index in [1.807, 2.05) is 29.2 Å². The SMILES string of the molecule is CC1CCCC(N)(C(=O)N2CCN(C(=O)c3n[nH]c4ccccc34)CC2)C1. The van der Waals surface area contributed by atoms with Gasteiger partial charge >= 0.3 is 0 Å². The second-order valence-corrected chi connectivity index (χ2v) is 8.06. The number of amides is 2. The van der Waals surface area contributed by atoms with Crippen LogP contribution < -0.4 is 5.73 Å². The van der Waals surface area contributed by atoms with Crippen LogP contribution >= 0.6 is 0 Å². The molecule has 3 N–H and O–H groups in total. The van der Waals surface area contributed by atoms with Crippen LogP contribution in [-0.4, -0.2) is 63.5 Å². The van der Waals surface area contributed by atoms with E-state index in [9.17, 15) is 9.59 Å². The van der Waals surface area contributed by atoms with Crippen LogP contribution in [0.2, 0.25) is 0 Å². The zero-order valence-corrected chi connectivity index (χ0v) is 15.8. The van der Waals surface area contributed by atoms with E-state index < -0.39 is 5.54 Å². The molecule has 2 unspecified atom stereocenters. The number of nitrogens with one attached hydrogen (secondary N) is 1. The molecule has 2 aromatic rings. The monoisotopic (exact) mass is 369 g/mol. The Morgan fingerprint density at radius 3 is 2.63 bits per heavy atom. The van der Waals surface area contributed by atoms with E-state index in [0.29, 0.717) is 37.8 Å². The van der Waals surface area contributed by atoms with Crippen LogP contribution in [0.4, 0.5) is 0 Å². The van der Waals surface area contributed by atoms with Crippen LogP contribution in [0.5, 0.6) is 0 Å². The first-order valence-corrected chi connectivity index (χ1v) is 9.78. The molecule has 7 heteroatoms. The van der Waals surface area contributed by atoms with Gasteiger partial charge in [-0.3, -0.25) is 14.7 Å². The van der Waals surface area contributed by atoms with Crippen LogP contribution in [0, 0.1) is 5.92 Å². The number of rotatable bonds is 2. The minimum absolute atomic E-state index is 0.0476. The summed E-state index contributed by atoms with van der Waals surface area (Å²) in [7, 11) is 0. The summed E-state index contributed by atoms with van der Waals surface area (Å²) in [5.41, 5.74) is 7.04. The van der Waals surface area contributed by atoms with Crippen molar-refractivity contribution in [1.29, 1.82) is 0 Å². The first kappa shape index (κ1) is 18.0. The second kappa shape index (κ2) is 6.96. The van der Waals surface area contributed by atoms with E-state index in [-0.39, 0.29) is 11.8 Å². The molecule has 27 heavy (non-hydrogen) atoms. The van der Waals surface area contributed by atoms with Gasteiger partial charge in [-0.2, -0.15) is 5.10 Å². The van der Waals surface area contributed by atoms with Crippen molar-refractivity contribution in [3.63, 3.8) is 0 Å². The number of carbonyl (C=O) groups is 2. The molecule has 1 aromatic carbocycles. The molecule has 2 amide bonds. The summed E-state index contributed by atoms with van der Waals surface area (Å²) in [4.78, 5) is 29.5. The zero-order valence-electron chi connectivity index (χ0n) is 15.8. The Bertz CT molecular complexity index is 855. The van der Waals surface area contributed by atoms with Crippen molar-refractivity contribution in [2.45, 2.75) is 38.1 Å². The standard InChI is InChI=1S/C20H27N5O2/c1-14-5-4-8-20(21,13-14)19(27)25-11-9-24(10-12-25)18(26)17-15-6-2-3-7-16(15)22-23-17/h2-3,6-7,14H,4-5,8-13,21H2,1H3,(H,22,23). The number of H-pyrrole nitrogens is 1. The van der Waals surface area contributed by atoms with Crippen molar-refractivity contribution in [1.82, 2.24) is 20.0 Å². The number of benzene rings is 1. The van der Waals surface area contributed by atoms with Gasteiger partial charge < -0.3 is 15.5 Å². The fourth-order valence-electron chi connectivity index (χ4n) is 4.49. The highest BCUT2D eigenvalue weighted by Gasteiger charge is 2.41. The first-order valence-electron chi connectivity index (χ1n) is 9.78. The lowest BCUT2D eigenvalue weighted by Crippen LogP contribution is -2.61. The van der Waals surface area contributed by atoms with Crippen molar-refractivity contribution in [2.24, 2.45) is 11.7 Å². The lowest BCUT2D eigenvalue weighted by Gasteiger charge is -2.42. The Labute approximate surface area is 158 Å². The summed E-state index contributed by atoms with van der Waals surface area (Å²) in [5, 5.41) is 7.94. The second-order valence-electron chi connectivity index (χ2n) is 8.06. The largest absolute Gasteiger partial charge is 0.338 e. The highest BCUT2D eigenvalue weighted by Crippen LogP contribution is 2.32. The third-order valence-corrected chi connectivity index (χ3v) is 5.99. The van der Waals surface area contributed by atoms with Crippen LogP contribution in [-0.2, 0) is 4.79 Å². The lowest BCUT2D eigenvalue weighted by molar-refractivity contribution is -0.140. The molecular weight excluding hydrogens is 342 g/mol. The van der Waals surface area contributed by atoms with Crippen molar-refractivity contribution < 1.29 is 9.59 Å². The number of piperazine rings is 1. The highest BCUT2D eigenvalue weighted by atomic mass is 16.2. The first-order chi connectivity index (χ1) is 13.0. The van der Waals surface area contributed by atoms with Crippen LogP contribution in [0.15, 0.2) is 24.3 Å². The minimum Gasteiger partial charge on any atom is -0.338 e. The Morgan fingerprint density at radius 1 is 1.19 bits per heavy atom. The molecule has 1 aromatic heterocycles. The molecule has 0 bridgehead atoms. The van der Waals surface area contributed by atoms with Gasteiger partial charge in [0.15, 0.2) is 5.69 Å². The van der Waals surface area contributed by atoms with Crippen molar-refractivity contribution in [2.75, 3.05) is 26.2 Å². The van der Waals surface area contributed by atoms with Crippen molar-refractivity contribution in [3.05, 3.63) is 30.0 Å². The maximum absolute atomic E-state index is 13.0. The van der Waals surface area contributed by atoms with Gasteiger partial charge in [0, 0.05) is 31.6 Å². The van der Waals surface area contributed by atoms with Gasteiger partial charge in [-0.25, -0.2) is 0 Å². The average Bonchev–Trinajstić information content (AvgIpc) is 3.11. The number of nitrogens with two attached hydrogens (primary N) is 1. The smallest absolute Gasteiger partial charge is 0.275 e. The topological polar surface area (TPSA) is 95.3 Å². The number of aromatic nitrogens is 2. The molecule has 1 saturated carbocycles. The summed E-state index contributed by atoms with van der Waals surface area (Å²) < 4.78 is 0. The predicted octanol–water partition coefficient (Wildman–Crippen LogP) is 1.75. The molecule has 2 aliphatic rings. The number of hydrogen-bond donors (Lipinski definition) is 2. The molecule has 0 spiro atoms. The average molecular weight is 369 g/mol. The van der Waals surface area contributed by atoms with E-state index in [2.05, 4.69) is 17.1 Å². The zero-order chi connectivity index (χ0) is 19.0. The molecule has 7 nitrogen and oxygen atoms in total. The predicted molar refractivity (Wildman–Crippen MR) is 103 cm³/mol. The molecular formula is C20H27N5O2. The van der Waals surface area contributed by atoms with Crippen LogP contribution in [0.25, 0.3) is 10.9 Å². The summed E-state index contributed by atoms with van der Waals surface area (Å²) in [6, 6.07) is 7.61. The summed E-state index contributed by atoms with van der Waals surface area (Å²) in [6.45, 7) is 4.24. The number of para-hydroxylation sites is 1. The fourth-order valence-corrected chi connectivity index (χ4v) is 4.49. The quantitative estimate of drug-likeness (QED) is 0.843. The van der Waals surface area contributed by atoms with Crippen molar-refractivity contribution >= 4 is 22.7 Å². The summed E-state index contributed by atoms with van der Waals surface area (Å²) in [5.74, 6) is 0.447. The van der Waals surface area contributed by atoms with Gasteiger partial charge in [0.2, 0.25) is 5.91 Å². The van der Waals surface area contributed by atoms with Gasteiger partial charge in [0.25, 0.3) is 5.91 Å². The fraction of sp³-hybridized carbons (Fsp3) is 0.550. The van der Waals surface area contributed by atoms with E-state index >= 15 is 0 Å². The number of nitrogens with zero attached hydrogens (tertiary/aromatic N) is 3. The highest BCUT2D eigenvalue weighted by molar-refractivity contribution is 6.04. The molecule has 0 radical (unpaired) electrons. The van der Waals surface area contributed by atoms with Gasteiger partial charge in [-0.05, 0) is 24.8 Å². The van der Waals surface area contributed by atoms with Gasteiger partial charge in [0.05, 0.1) is 11.1 Å². The van der Waals surface area contributed by atoms with E-state index in [1.165, 1.54) is 0 Å². The Hall–Kier alpha value is -2.41. The molecule has 4 rings (SSSR count). The summed E-state index contributed by atoms with van der Waals surface area (Å²) >= 11 is 0. The van der Waals surface area contributed by atoms with Crippen LogP contribution in [0.3, 0.4) is 0 Å². The molecule has 144 valence electrons. The van der Waals surface area contributed by atoms with Gasteiger partial charge in [0.1, 0.15) is 0 Å². The van der Waals surface area contributed by atoms with E-state index in [0.717, 1.165) is 36.6 Å². The van der Waals surface area contributed by atoms with Gasteiger partial charge in [-0.15, -0.1) is 0 Å². The molecule has 1 aliphatic heterocycles. The molecule has 2 fully saturated rings. The maximum Gasteiger partial charge on any atom is 0.275 e. The van der Waals surface area contributed by atoms with E-state index in [1.54, 1.807) is 4.90 Å². The molecule has 2 atom stereocenters. The maximum atomic E-state index is 13.0. The normalized spacial score (nSPS) is 26.4. The molecule has 1 aliphatic carbocycles.